The zero-order valence-electron chi connectivity index (χ0n) is 9.79. The number of aromatic nitrogens is 1. The number of hydrogen-bond donors (Lipinski definition) is 1. The molecule has 84 valence electrons. The molecular weight excluding hydrogens is 204 g/mol. The van der Waals surface area contributed by atoms with Crippen molar-refractivity contribution in [2.75, 3.05) is 13.1 Å². The van der Waals surface area contributed by atoms with Crippen LogP contribution in [0.1, 0.15) is 32.2 Å². The fourth-order valence-corrected chi connectivity index (χ4v) is 2.96. The molecular formula is C12H20N2S. The van der Waals surface area contributed by atoms with Gasteiger partial charge in [-0.15, -0.1) is 11.3 Å². The molecule has 15 heavy (non-hydrogen) atoms. The molecule has 1 aliphatic rings. The first-order valence-corrected chi connectivity index (χ1v) is 6.61. The van der Waals surface area contributed by atoms with Gasteiger partial charge in [0.2, 0.25) is 0 Å². The van der Waals surface area contributed by atoms with Crippen LogP contribution in [0.4, 0.5) is 0 Å². The third-order valence-electron chi connectivity index (χ3n) is 3.28. The van der Waals surface area contributed by atoms with E-state index in [1.165, 1.54) is 11.4 Å². The van der Waals surface area contributed by atoms with E-state index in [-0.39, 0.29) is 0 Å². The second-order valence-corrected chi connectivity index (χ2v) is 6.10. The van der Waals surface area contributed by atoms with Gasteiger partial charge in [-0.3, -0.25) is 0 Å². The first-order chi connectivity index (χ1) is 7.13. The van der Waals surface area contributed by atoms with E-state index in [4.69, 9.17) is 0 Å². The Kier molecular flexibility index (Phi) is 3.12. The van der Waals surface area contributed by atoms with Gasteiger partial charge in [0.25, 0.3) is 0 Å². The summed E-state index contributed by atoms with van der Waals surface area (Å²) in [6.07, 6.45) is 3.22. The van der Waals surface area contributed by atoms with Gasteiger partial charge in [-0.05, 0) is 31.3 Å². The molecule has 2 unspecified atom stereocenters. The fraction of sp³-hybridized carbons (Fsp3) is 0.750. The minimum atomic E-state index is 0.373. The molecule has 1 heterocycles. The van der Waals surface area contributed by atoms with Crippen LogP contribution in [0.15, 0.2) is 11.6 Å². The summed E-state index contributed by atoms with van der Waals surface area (Å²) in [5.41, 5.74) is 0.373. The van der Waals surface area contributed by atoms with Crippen LogP contribution in [0.2, 0.25) is 0 Å². The van der Waals surface area contributed by atoms with Gasteiger partial charge in [-0.25, -0.2) is 4.98 Å². The van der Waals surface area contributed by atoms with E-state index < -0.39 is 0 Å². The average molecular weight is 224 g/mol. The van der Waals surface area contributed by atoms with Gasteiger partial charge in [0.15, 0.2) is 0 Å². The molecule has 2 rings (SSSR count). The highest BCUT2D eigenvalue weighted by Gasteiger charge is 2.52. The molecule has 0 aromatic carbocycles. The van der Waals surface area contributed by atoms with Gasteiger partial charge < -0.3 is 5.32 Å². The molecule has 1 N–H and O–H groups in total. The largest absolute Gasteiger partial charge is 0.316 e. The SMILES string of the molecule is CC(C)CNCC1CC1(C)c1nccs1. The molecule has 3 heteroatoms. The normalized spacial score (nSPS) is 29.7. The monoisotopic (exact) mass is 224 g/mol. The minimum Gasteiger partial charge on any atom is -0.316 e. The molecule has 1 aromatic heterocycles. The zero-order chi connectivity index (χ0) is 10.9. The molecule has 0 radical (unpaired) electrons. The molecule has 0 spiro atoms. The van der Waals surface area contributed by atoms with Crippen LogP contribution in [0, 0.1) is 11.8 Å². The summed E-state index contributed by atoms with van der Waals surface area (Å²) in [5.74, 6) is 1.54. The van der Waals surface area contributed by atoms with Gasteiger partial charge in [-0.1, -0.05) is 20.8 Å². The molecule has 1 fully saturated rings. The quantitative estimate of drug-likeness (QED) is 0.831. The third kappa shape index (κ3) is 2.40. The highest BCUT2D eigenvalue weighted by atomic mass is 32.1. The zero-order valence-corrected chi connectivity index (χ0v) is 10.6. The minimum absolute atomic E-state index is 0.373. The number of hydrogen-bond acceptors (Lipinski definition) is 3. The molecule has 2 atom stereocenters. The van der Waals surface area contributed by atoms with Crippen molar-refractivity contribution in [3.63, 3.8) is 0 Å². The molecule has 1 aliphatic carbocycles. The van der Waals surface area contributed by atoms with Crippen molar-refractivity contribution in [2.45, 2.75) is 32.6 Å². The lowest BCUT2D eigenvalue weighted by atomic mass is 10.1. The van der Waals surface area contributed by atoms with Crippen LogP contribution in [0.5, 0.6) is 0 Å². The molecule has 0 amide bonds. The number of thiazole rings is 1. The van der Waals surface area contributed by atoms with E-state index in [0.717, 1.165) is 24.9 Å². The smallest absolute Gasteiger partial charge is 0.0987 e. The van der Waals surface area contributed by atoms with Crippen LogP contribution >= 0.6 is 11.3 Å². The Balaban J connectivity index is 1.80. The highest BCUT2D eigenvalue weighted by Crippen LogP contribution is 2.54. The summed E-state index contributed by atoms with van der Waals surface area (Å²) in [4.78, 5) is 4.43. The van der Waals surface area contributed by atoms with Crippen LogP contribution in [-0.2, 0) is 5.41 Å². The van der Waals surface area contributed by atoms with Gasteiger partial charge in [-0.2, -0.15) is 0 Å². The van der Waals surface area contributed by atoms with E-state index in [2.05, 4.69) is 36.5 Å². The summed E-state index contributed by atoms with van der Waals surface area (Å²) in [6, 6.07) is 0. The Morgan fingerprint density at radius 2 is 2.47 bits per heavy atom. The first kappa shape index (κ1) is 11.1. The first-order valence-electron chi connectivity index (χ1n) is 5.73. The van der Waals surface area contributed by atoms with Crippen molar-refractivity contribution in [3.8, 4) is 0 Å². The second kappa shape index (κ2) is 4.22. The van der Waals surface area contributed by atoms with Crippen LogP contribution in [0.25, 0.3) is 0 Å². The number of nitrogens with one attached hydrogen (secondary N) is 1. The van der Waals surface area contributed by atoms with Crippen molar-refractivity contribution in [1.29, 1.82) is 0 Å². The Hall–Kier alpha value is -0.410. The Morgan fingerprint density at radius 1 is 1.67 bits per heavy atom. The third-order valence-corrected chi connectivity index (χ3v) is 4.33. The van der Waals surface area contributed by atoms with Crippen LogP contribution < -0.4 is 5.32 Å². The number of rotatable bonds is 5. The van der Waals surface area contributed by atoms with Crippen LogP contribution in [0.3, 0.4) is 0 Å². The van der Waals surface area contributed by atoms with E-state index in [1.807, 2.05) is 6.20 Å². The average Bonchev–Trinajstić information content (AvgIpc) is 2.68. The van der Waals surface area contributed by atoms with Gasteiger partial charge in [0.1, 0.15) is 0 Å². The standard InChI is InChI=1S/C12H20N2S/c1-9(2)7-13-8-10-6-12(10,3)11-14-4-5-15-11/h4-5,9-10,13H,6-8H2,1-3H3. The maximum atomic E-state index is 4.43. The maximum absolute atomic E-state index is 4.43. The van der Waals surface area contributed by atoms with Crippen molar-refractivity contribution < 1.29 is 0 Å². The second-order valence-electron chi connectivity index (χ2n) is 5.21. The van der Waals surface area contributed by atoms with E-state index >= 15 is 0 Å². The lowest BCUT2D eigenvalue weighted by Gasteiger charge is -2.10. The van der Waals surface area contributed by atoms with Crippen molar-refractivity contribution >= 4 is 11.3 Å². The summed E-state index contributed by atoms with van der Waals surface area (Å²) in [5, 5.41) is 6.94. The lowest BCUT2D eigenvalue weighted by molar-refractivity contribution is 0.515. The van der Waals surface area contributed by atoms with E-state index in [9.17, 15) is 0 Å². The lowest BCUT2D eigenvalue weighted by Crippen LogP contribution is -2.24. The van der Waals surface area contributed by atoms with Crippen molar-refractivity contribution in [1.82, 2.24) is 10.3 Å². The Bertz CT molecular complexity index is 307. The molecule has 0 saturated heterocycles. The maximum Gasteiger partial charge on any atom is 0.0987 e. The molecule has 0 bridgehead atoms. The summed E-state index contributed by atoms with van der Waals surface area (Å²) < 4.78 is 0. The predicted molar refractivity (Wildman–Crippen MR) is 65.3 cm³/mol. The highest BCUT2D eigenvalue weighted by molar-refractivity contribution is 7.09. The summed E-state index contributed by atoms with van der Waals surface area (Å²) in [7, 11) is 0. The van der Waals surface area contributed by atoms with Gasteiger partial charge in [0.05, 0.1) is 5.01 Å². The van der Waals surface area contributed by atoms with Gasteiger partial charge >= 0.3 is 0 Å². The van der Waals surface area contributed by atoms with Crippen molar-refractivity contribution in [2.24, 2.45) is 11.8 Å². The number of nitrogens with zero attached hydrogens (tertiary/aromatic N) is 1. The van der Waals surface area contributed by atoms with E-state index in [1.54, 1.807) is 11.3 Å². The molecule has 1 aromatic rings. The topological polar surface area (TPSA) is 24.9 Å². The predicted octanol–water partition coefficient (Wildman–Crippen LogP) is 2.67. The molecule has 0 aliphatic heterocycles. The summed E-state index contributed by atoms with van der Waals surface area (Å²) >= 11 is 1.80. The molecule has 1 saturated carbocycles. The van der Waals surface area contributed by atoms with Gasteiger partial charge in [0, 0.05) is 17.0 Å². The molecule has 2 nitrogen and oxygen atoms in total. The fourth-order valence-electron chi connectivity index (χ4n) is 2.06. The van der Waals surface area contributed by atoms with Crippen molar-refractivity contribution in [3.05, 3.63) is 16.6 Å². The summed E-state index contributed by atoms with van der Waals surface area (Å²) in [6.45, 7) is 9.12. The Morgan fingerprint density at radius 3 is 3.07 bits per heavy atom. The Labute approximate surface area is 96.1 Å². The van der Waals surface area contributed by atoms with Crippen LogP contribution in [-0.4, -0.2) is 18.1 Å². The van der Waals surface area contributed by atoms with E-state index in [0.29, 0.717) is 5.41 Å².